The molecule has 0 saturated heterocycles. The summed E-state index contributed by atoms with van der Waals surface area (Å²) < 4.78 is 11.0. The molecule has 0 amide bonds. The fraction of sp³-hybridized carbons (Fsp3) is 0.211. The van der Waals surface area contributed by atoms with E-state index in [-0.39, 0.29) is 0 Å². The van der Waals surface area contributed by atoms with Crippen LogP contribution >= 0.6 is 0 Å². The summed E-state index contributed by atoms with van der Waals surface area (Å²) in [6.07, 6.45) is 3.48. The molecular formula is C19H20N4O2. The molecule has 0 aliphatic heterocycles. The predicted molar refractivity (Wildman–Crippen MR) is 96.2 cm³/mol. The van der Waals surface area contributed by atoms with Gasteiger partial charge < -0.3 is 14.4 Å². The molecule has 6 nitrogen and oxygen atoms in total. The zero-order valence-electron chi connectivity index (χ0n) is 14.5. The summed E-state index contributed by atoms with van der Waals surface area (Å²) in [6, 6.07) is 13.3. The van der Waals surface area contributed by atoms with Crippen LogP contribution in [0.1, 0.15) is 11.3 Å². The fourth-order valence-electron chi connectivity index (χ4n) is 2.36. The molecule has 2 heterocycles. The standard InChI is InChI=1S/C19H20N4O2/c1-14-9-18(25-16-7-5-4-6-8-16)22-19(21-14)23(2)13-15-10-17(24-3)12-20-11-15/h4-12H,13H2,1-3H3. The summed E-state index contributed by atoms with van der Waals surface area (Å²) in [4.78, 5) is 15.1. The van der Waals surface area contributed by atoms with Crippen molar-refractivity contribution < 1.29 is 9.47 Å². The van der Waals surface area contributed by atoms with Crippen LogP contribution in [0.3, 0.4) is 0 Å². The minimum atomic E-state index is 0.518. The van der Waals surface area contributed by atoms with Gasteiger partial charge in [-0.3, -0.25) is 4.98 Å². The highest BCUT2D eigenvalue weighted by Gasteiger charge is 2.10. The Kier molecular flexibility index (Phi) is 5.09. The van der Waals surface area contributed by atoms with Crippen LogP contribution in [0.5, 0.6) is 17.4 Å². The van der Waals surface area contributed by atoms with Gasteiger partial charge in [0.25, 0.3) is 0 Å². The molecule has 0 aliphatic carbocycles. The van der Waals surface area contributed by atoms with Gasteiger partial charge >= 0.3 is 0 Å². The lowest BCUT2D eigenvalue weighted by Gasteiger charge is -2.18. The first kappa shape index (κ1) is 16.7. The number of rotatable bonds is 6. The zero-order valence-corrected chi connectivity index (χ0v) is 14.5. The normalized spacial score (nSPS) is 10.4. The van der Waals surface area contributed by atoms with Crippen molar-refractivity contribution in [2.75, 3.05) is 19.1 Å². The number of hydrogen-bond acceptors (Lipinski definition) is 6. The number of anilines is 1. The van der Waals surface area contributed by atoms with Crippen LogP contribution in [0.2, 0.25) is 0 Å². The third kappa shape index (κ3) is 4.44. The number of aryl methyl sites for hydroxylation is 1. The first-order valence-corrected chi connectivity index (χ1v) is 7.91. The summed E-state index contributed by atoms with van der Waals surface area (Å²) in [5, 5.41) is 0. The van der Waals surface area contributed by atoms with Crippen molar-refractivity contribution in [3.8, 4) is 17.4 Å². The molecule has 0 unspecified atom stereocenters. The van der Waals surface area contributed by atoms with Crippen molar-refractivity contribution in [3.63, 3.8) is 0 Å². The second kappa shape index (κ2) is 7.61. The number of methoxy groups -OCH3 is 1. The van der Waals surface area contributed by atoms with Crippen molar-refractivity contribution in [1.82, 2.24) is 15.0 Å². The molecular weight excluding hydrogens is 316 g/mol. The van der Waals surface area contributed by atoms with E-state index >= 15 is 0 Å². The molecule has 2 aromatic heterocycles. The van der Waals surface area contributed by atoms with Gasteiger partial charge in [-0.1, -0.05) is 18.2 Å². The van der Waals surface area contributed by atoms with E-state index in [4.69, 9.17) is 9.47 Å². The van der Waals surface area contributed by atoms with E-state index in [0.29, 0.717) is 18.4 Å². The molecule has 0 spiro atoms. The molecule has 3 rings (SSSR count). The topological polar surface area (TPSA) is 60.4 Å². The van der Waals surface area contributed by atoms with Gasteiger partial charge in [-0.05, 0) is 30.7 Å². The molecule has 128 valence electrons. The van der Waals surface area contributed by atoms with Gasteiger partial charge in [0.2, 0.25) is 11.8 Å². The Labute approximate surface area is 147 Å². The minimum absolute atomic E-state index is 0.518. The first-order valence-electron chi connectivity index (χ1n) is 7.91. The van der Waals surface area contributed by atoms with E-state index in [1.807, 2.05) is 61.3 Å². The van der Waals surface area contributed by atoms with Crippen LogP contribution in [0.15, 0.2) is 54.9 Å². The van der Waals surface area contributed by atoms with Crippen LogP contribution < -0.4 is 14.4 Å². The molecule has 0 fully saturated rings. The highest BCUT2D eigenvalue weighted by Crippen LogP contribution is 2.22. The highest BCUT2D eigenvalue weighted by atomic mass is 16.5. The molecule has 25 heavy (non-hydrogen) atoms. The van der Waals surface area contributed by atoms with Gasteiger partial charge in [-0.25, -0.2) is 4.98 Å². The Morgan fingerprint density at radius 3 is 2.56 bits per heavy atom. The Morgan fingerprint density at radius 2 is 1.80 bits per heavy atom. The van der Waals surface area contributed by atoms with Crippen molar-refractivity contribution in [2.45, 2.75) is 13.5 Å². The average Bonchev–Trinajstić information content (AvgIpc) is 2.62. The van der Waals surface area contributed by atoms with Crippen LogP contribution in [0.4, 0.5) is 5.95 Å². The summed E-state index contributed by atoms with van der Waals surface area (Å²) >= 11 is 0. The minimum Gasteiger partial charge on any atom is -0.495 e. The number of aromatic nitrogens is 3. The van der Waals surface area contributed by atoms with Crippen LogP contribution in [0, 0.1) is 6.92 Å². The summed E-state index contributed by atoms with van der Waals surface area (Å²) in [5.41, 5.74) is 1.85. The van der Waals surface area contributed by atoms with Crippen molar-refractivity contribution in [3.05, 3.63) is 66.1 Å². The van der Waals surface area contributed by atoms with Crippen molar-refractivity contribution in [2.24, 2.45) is 0 Å². The predicted octanol–water partition coefficient (Wildman–Crippen LogP) is 3.62. The van der Waals surface area contributed by atoms with Gasteiger partial charge in [0.15, 0.2) is 0 Å². The average molecular weight is 336 g/mol. The Balaban J connectivity index is 1.79. The maximum atomic E-state index is 5.83. The number of hydrogen-bond donors (Lipinski definition) is 0. The maximum Gasteiger partial charge on any atom is 0.228 e. The van der Waals surface area contributed by atoms with Crippen LogP contribution in [-0.2, 0) is 6.54 Å². The van der Waals surface area contributed by atoms with Gasteiger partial charge in [-0.15, -0.1) is 0 Å². The third-order valence-electron chi connectivity index (χ3n) is 3.55. The van der Waals surface area contributed by atoms with Crippen LogP contribution in [0.25, 0.3) is 0 Å². The molecule has 0 saturated carbocycles. The van der Waals surface area contributed by atoms with Gasteiger partial charge in [0, 0.05) is 31.5 Å². The third-order valence-corrected chi connectivity index (χ3v) is 3.55. The monoisotopic (exact) mass is 336 g/mol. The zero-order chi connectivity index (χ0) is 17.6. The number of ether oxygens (including phenoxy) is 2. The second-order valence-corrected chi connectivity index (χ2v) is 5.65. The van der Waals surface area contributed by atoms with Crippen molar-refractivity contribution >= 4 is 5.95 Å². The quantitative estimate of drug-likeness (QED) is 0.685. The molecule has 0 atom stereocenters. The van der Waals surface area contributed by atoms with Gasteiger partial charge in [0.05, 0.1) is 13.3 Å². The number of pyridine rings is 1. The second-order valence-electron chi connectivity index (χ2n) is 5.65. The summed E-state index contributed by atoms with van der Waals surface area (Å²) in [7, 11) is 3.56. The maximum absolute atomic E-state index is 5.83. The molecule has 3 aromatic rings. The smallest absolute Gasteiger partial charge is 0.228 e. The Bertz CT molecular complexity index is 840. The number of nitrogens with zero attached hydrogens (tertiary/aromatic N) is 4. The van der Waals surface area contributed by atoms with E-state index in [1.54, 1.807) is 19.5 Å². The Hall–Kier alpha value is -3.15. The van der Waals surface area contributed by atoms with Gasteiger partial charge in [-0.2, -0.15) is 4.98 Å². The largest absolute Gasteiger partial charge is 0.495 e. The molecule has 6 heteroatoms. The van der Waals surface area contributed by atoms with E-state index in [1.165, 1.54) is 0 Å². The fourth-order valence-corrected chi connectivity index (χ4v) is 2.36. The SMILES string of the molecule is COc1cncc(CN(C)c2nc(C)cc(Oc3ccccc3)n2)c1. The first-order chi connectivity index (χ1) is 12.1. The van der Waals surface area contributed by atoms with Crippen molar-refractivity contribution in [1.29, 1.82) is 0 Å². The van der Waals surface area contributed by atoms with Gasteiger partial charge in [0.1, 0.15) is 11.5 Å². The number of benzene rings is 1. The number of para-hydroxylation sites is 1. The summed E-state index contributed by atoms with van der Waals surface area (Å²) in [6.45, 7) is 2.53. The lowest BCUT2D eigenvalue weighted by atomic mass is 10.2. The lowest BCUT2D eigenvalue weighted by Crippen LogP contribution is -2.19. The Morgan fingerprint density at radius 1 is 1.00 bits per heavy atom. The molecule has 0 radical (unpaired) electrons. The lowest BCUT2D eigenvalue weighted by molar-refractivity contribution is 0.412. The summed E-state index contributed by atoms with van der Waals surface area (Å²) in [5.74, 6) is 2.58. The van der Waals surface area contributed by atoms with E-state index in [9.17, 15) is 0 Å². The van der Waals surface area contributed by atoms with E-state index in [2.05, 4.69) is 15.0 Å². The van der Waals surface area contributed by atoms with Crippen LogP contribution in [-0.4, -0.2) is 29.1 Å². The molecule has 0 aliphatic rings. The molecule has 1 aromatic carbocycles. The highest BCUT2D eigenvalue weighted by molar-refractivity contribution is 5.37. The van der Waals surface area contributed by atoms with E-state index < -0.39 is 0 Å². The molecule has 0 bridgehead atoms. The molecule has 0 N–H and O–H groups in total. The van der Waals surface area contributed by atoms with E-state index in [0.717, 1.165) is 22.8 Å².